The molecule has 1 rings (SSSR count). The molecule has 0 saturated carbocycles. The Bertz CT molecular complexity index is 386. The molecule has 2 atom stereocenters. The number of aliphatic hydroxyl groups excluding tert-OH is 1. The normalized spacial score (nSPS) is 14.7. The molecule has 0 fully saturated rings. The molecule has 1 aromatic carbocycles. The largest absolute Gasteiger partial charge is 0.479 e. The molecule has 3 nitrogen and oxygen atoms in total. The van der Waals surface area contributed by atoms with E-state index in [9.17, 15) is 14.3 Å². The molecule has 1 aromatic rings. The van der Waals surface area contributed by atoms with E-state index in [-0.39, 0.29) is 10.6 Å². The number of hydrogen-bond donors (Lipinski definition) is 2. The van der Waals surface area contributed by atoms with Crippen LogP contribution in [0, 0.1) is 0 Å². The third kappa shape index (κ3) is 2.90. The van der Waals surface area contributed by atoms with Crippen molar-refractivity contribution in [1.82, 2.24) is 0 Å². The van der Waals surface area contributed by atoms with Gasteiger partial charge in [-0.3, -0.25) is 0 Å². The molecule has 0 saturated heterocycles. The van der Waals surface area contributed by atoms with Crippen molar-refractivity contribution < 1.29 is 19.4 Å². The van der Waals surface area contributed by atoms with E-state index >= 15 is 0 Å². The number of carbonyl (C=O) groups is 1. The first-order valence-corrected chi connectivity index (χ1v) is 5.10. The van der Waals surface area contributed by atoms with Crippen molar-refractivity contribution in [1.29, 1.82) is 0 Å². The second-order valence-electron chi connectivity index (χ2n) is 2.86. The van der Waals surface area contributed by atoms with Gasteiger partial charge in [-0.05, 0) is 33.6 Å². The fraction of sp³-hybridized carbons (Fsp3) is 0.222. The molecule has 6 heteroatoms. The molecule has 0 aromatic heterocycles. The van der Waals surface area contributed by atoms with E-state index in [0.717, 1.165) is 0 Å². The van der Waals surface area contributed by atoms with Gasteiger partial charge in [0.25, 0.3) is 0 Å². The monoisotopic (exact) mass is 296 g/mol. The number of aliphatic carboxylic acids is 1. The van der Waals surface area contributed by atoms with Crippen molar-refractivity contribution in [2.45, 2.75) is 12.3 Å². The summed E-state index contributed by atoms with van der Waals surface area (Å²) < 4.78 is 13.5. The van der Waals surface area contributed by atoms with Crippen molar-refractivity contribution in [2.75, 3.05) is 0 Å². The second kappa shape index (κ2) is 4.92. The highest BCUT2D eigenvalue weighted by Crippen LogP contribution is 2.28. The summed E-state index contributed by atoms with van der Waals surface area (Å²) in [6.07, 6.45) is -4.07. The fourth-order valence-electron chi connectivity index (χ4n) is 1.00. The molecule has 0 spiro atoms. The topological polar surface area (TPSA) is 57.5 Å². The fourth-order valence-corrected chi connectivity index (χ4v) is 1.44. The Morgan fingerprint density at radius 3 is 2.60 bits per heavy atom. The van der Waals surface area contributed by atoms with Gasteiger partial charge >= 0.3 is 5.97 Å². The minimum atomic E-state index is -2.36. The summed E-state index contributed by atoms with van der Waals surface area (Å²) >= 11 is 8.84. The van der Waals surface area contributed by atoms with Crippen LogP contribution in [0.4, 0.5) is 4.39 Å². The van der Waals surface area contributed by atoms with E-state index in [1.165, 1.54) is 18.2 Å². The Morgan fingerprint density at radius 2 is 2.13 bits per heavy atom. The zero-order valence-corrected chi connectivity index (χ0v) is 9.67. The van der Waals surface area contributed by atoms with Crippen molar-refractivity contribution in [3.8, 4) is 0 Å². The smallest absolute Gasteiger partial charge is 0.341 e. The molecule has 2 N–H and O–H groups in total. The number of hydrogen-bond acceptors (Lipinski definition) is 2. The Hall–Kier alpha value is -0.650. The van der Waals surface area contributed by atoms with Crippen LogP contribution in [-0.2, 0) is 4.79 Å². The Labute approximate surface area is 98.6 Å². The summed E-state index contributed by atoms with van der Waals surface area (Å²) in [5, 5.41) is 18.0. The SMILES string of the molecule is O=C(O)C(F)C(O)c1ccc(Br)c(Cl)c1. The predicted octanol–water partition coefficient (Wildman–Crippen LogP) is 2.56. The Kier molecular flexibility index (Phi) is 4.07. The zero-order valence-electron chi connectivity index (χ0n) is 7.32. The molecular weight excluding hydrogens is 290 g/mol. The summed E-state index contributed by atoms with van der Waals surface area (Å²) in [5.41, 5.74) is 0.123. The van der Waals surface area contributed by atoms with Crippen LogP contribution in [0.25, 0.3) is 0 Å². The van der Waals surface area contributed by atoms with E-state index in [4.69, 9.17) is 16.7 Å². The van der Waals surface area contributed by atoms with E-state index < -0.39 is 18.2 Å². The average Bonchev–Trinajstić information content (AvgIpc) is 2.19. The third-order valence-corrected chi connectivity index (χ3v) is 3.03. The van der Waals surface area contributed by atoms with Crippen molar-refractivity contribution in [3.05, 3.63) is 33.3 Å². The lowest BCUT2D eigenvalue weighted by atomic mass is 10.1. The maximum Gasteiger partial charge on any atom is 0.341 e. The number of rotatable bonds is 3. The second-order valence-corrected chi connectivity index (χ2v) is 4.12. The van der Waals surface area contributed by atoms with Crippen molar-refractivity contribution in [2.24, 2.45) is 0 Å². The Morgan fingerprint density at radius 1 is 1.53 bits per heavy atom. The predicted molar refractivity (Wildman–Crippen MR) is 56.6 cm³/mol. The highest BCUT2D eigenvalue weighted by molar-refractivity contribution is 9.10. The molecule has 0 aliphatic heterocycles. The number of carboxylic acid groups (broad SMARTS) is 1. The van der Waals surface area contributed by atoms with Gasteiger partial charge in [0.1, 0.15) is 6.10 Å². The molecule has 82 valence electrons. The summed E-state index contributed by atoms with van der Waals surface area (Å²) in [6.45, 7) is 0. The highest BCUT2D eigenvalue weighted by atomic mass is 79.9. The summed E-state index contributed by atoms with van der Waals surface area (Å²) in [5.74, 6) is -1.71. The van der Waals surface area contributed by atoms with Crippen LogP contribution in [-0.4, -0.2) is 22.4 Å². The number of aliphatic hydroxyl groups is 1. The van der Waals surface area contributed by atoms with E-state index in [2.05, 4.69) is 15.9 Å². The molecule has 0 amide bonds. The van der Waals surface area contributed by atoms with Crippen LogP contribution < -0.4 is 0 Å². The quantitative estimate of drug-likeness (QED) is 0.901. The van der Waals surface area contributed by atoms with E-state index in [1.807, 2.05) is 0 Å². The average molecular weight is 298 g/mol. The lowest BCUT2D eigenvalue weighted by molar-refractivity contribution is -0.147. The molecule has 15 heavy (non-hydrogen) atoms. The molecule has 0 radical (unpaired) electrons. The summed E-state index contributed by atoms with van der Waals surface area (Å²) in [7, 11) is 0. The lowest BCUT2D eigenvalue weighted by Crippen LogP contribution is -2.23. The van der Waals surface area contributed by atoms with Crippen LogP contribution >= 0.6 is 27.5 Å². The van der Waals surface area contributed by atoms with Crippen LogP contribution in [0.5, 0.6) is 0 Å². The number of benzene rings is 1. The van der Waals surface area contributed by atoms with Crippen LogP contribution in [0.2, 0.25) is 5.02 Å². The molecule has 0 aliphatic rings. The van der Waals surface area contributed by atoms with Gasteiger partial charge in [0.05, 0.1) is 5.02 Å². The van der Waals surface area contributed by atoms with Crippen LogP contribution in [0.3, 0.4) is 0 Å². The van der Waals surface area contributed by atoms with Gasteiger partial charge in [0.15, 0.2) is 0 Å². The van der Waals surface area contributed by atoms with Gasteiger partial charge in [-0.2, -0.15) is 0 Å². The number of halogens is 3. The maximum absolute atomic E-state index is 12.9. The van der Waals surface area contributed by atoms with Crippen molar-refractivity contribution >= 4 is 33.5 Å². The maximum atomic E-state index is 12.9. The molecule has 0 bridgehead atoms. The minimum Gasteiger partial charge on any atom is -0.479 e. The Balaban J connectivity index is 2.96. The number of carboxylic acids is 1. The van der Waals surface area contributed by atoms with Gasteiger partial charge in [0.2, 0.25) is 6.17 Å². The first-order valence-electron chi connectivity index (χ1n) is 3.93. The molecule has 0 aliphatic carbocycles. The van der Waals surface area contributed by atoms with Gasteiger partial charge < -0.3 is 10.2 Å². The highest BCUT2D eigenvalue weighted by Gasteiger charge is 2.27. The first kappa shape index (κ1) is 12.4. The number of alkyl halides is 1. The van der Waals surface area contributed by atoms with Gasteiger partial charge in [-0.25, -0.2) is 9.18 Å². The summed E-state index contributed by atoms with van der Waals surface area (Å²) in [6, 6.07) is 4.22. The molecule has 2 unspecified atom stereocenters. The van der Waals surface area contributed by atoms with Crippen LogP contribution in [0.15, 0.2) is 22.7 Å². The van der Waals surface area contributed by atoms with Gasteiger partial charge in [0, 0.05) is 4.47 Å². The van der Waals surface area contributed by atoms with Crippen LogP contribution in [0.1, 0.15) is 11.7 Å². The molecular formula is C9H7BrClFO3. The van der Waals surface area contributed by atoms with Crippen molar-refractivity contribution in [3.63, 3.8) is 0 Å². The van der Waals surface area contributed by atoms with Gasteiger partial charge in [-0.1, -0.05) is 17.7 Å². The van der Waals surface area contributed by atoms with E-state index in [1.54, 1.807) is 0 Å². The third-order valence-electron chi connectivity index (χ3n) is 1.80. The summed E-state index contributed by atoms with van der Waals surface area (Å²) in [4.78, 5) is 10.3. The first-order chi connectivity index (χ1) is 6.93. The van der Waals surface area contributed by atoms with Gasteiger partial charge in [-0.15, -0.1) is 0 Å². The minimum absolute atomic E-state index is 0.123. The molecule has 0 heterocycles. The zero-order chi connectivity index (χ0) is 11.6. The van der Waals surface area contributed by atoms with E-state index in [0.29, 0.717) is 4.47 Å². The standard InChI is InChI=1S/C9H7BrClFO3/c10-5-2-1-4(3-6(5)11)8(13)7(12)9(14)15/h1-3,7-8,13H,(H,14,15). The lowest BCUT2D eigenvalue weighted by Gasteiger charge is -2.12.